The molecular weight excluding hydrogens is 297 g/mol. The third-order valence-corrected chi connectivity index (χ3v) is 3.94. The van der Waals surface area contributed by atoms with Crippen molar-refractivity contribution in [3.63, 3.8) is 0 Å². The molecule has 0 radical (unpaired) electrons. The first-order chi connectivity index (χ1) is 9.63. The molecular formula is C15H13Cl2NO2. The fraction of sp³-hybridized carbons (Fsp3) is 0.200. The lowest BCUT2D eigenvalue weighted by atomic mass is 10.1. The first-order valence-electron chi connectivity index (χ1n) is 6.24. The van der Waals surface area contributed by atoms with Gasteiger partial charge in [0, 0.05) is 11.7 Å². The molecule has 0 aliphatic carbocycles. The number of hydrogen-bond acceptors (Lipinski definition) is 3. The smallest absolute Gasteiger partial charge is 0.231 e. The fourth-order valence-corrected chi connectivity index (χ4v) is 2.40. The molecule has 1 aliphatic rings. The van der Waals surface area contributed by atoms with Crippen molar-refractivity contribution in [1.82, 2.24) is 0 Å². The molecule has 0 saturated carbocycles. The van der Waals surface area contributed by atoms with E-state index in [0.717, 1.165) is 22.7 Å². The molecule has 3 nitrogen and oxygen atoms in total. The Balaban J connectivity index is 1.78. The monoisotopic (exact) mass is 309 g/mol. The van der Waals surface area contributed by atoms with Crippen molar-refractivity contribution < 1.29 is 9.47 Å². The van der Waals surface area contributed by atoms with E-state index >= 15 is 0 Å². The molecule has 0 saturated heterocycles. The number of benzene rings is 2. The average Bonchev–Trinajstić information content (AvgIpc) is 2.90. The summed E-state index contributed by atoms with van der Waals surface area (Å²) in [5, 5.41) is 4.46. The molecule has 2 aromatic carbocycles. The lowest BCUT2D eigenvalue weighted by Gasteiger charge is -2.16. The van der Waals surface area contributed by atoms with Gasteiger partial charge in [-0.2, -0.15) is 0 Å². The van der Waals surface area contributed by atoms with Crippen LogP contribution in [0.15, 0.2) is 36.4 Å². The molecule has 0 amide bonds. The summed E-state index contributed by atoms with van der Waals surface area (Å²) in [7, 11) is 0. The Morgan fingerprint density at radius 3 is 2.60 bits per heavy atom. The molecule has 0 fully saturated rings. The Morgan fingerprint density at radius 1 is 1.00 bits per heavy atom. The fourth-order valence-electron chi connectivity index (χ4n) is 2.10. The number of hydrogen-bond donors (Lipinski definition) is 1. The van der Waals surface area contributed by atoms with Crippen LogP contribution in [0.4, 0.5) is 5.69 Å². The zero-order valence-electron chi connectivity index (χ0n) is 10.8. The Kier molecular flexibility index (Phi) is 3.64. The standard InChI is InChI=1S/C15H13Cl2NO2/c1-9(18-11-3-4-12(16)13(17)7-11)10-2-5-14-15(6-10)20-8-19-14/h2-7,9,18H,8H2,1H3. The summed E-state index contributed by atoms with van der Waals surface area (Å²) < 4.78 is 10.7. The highest BCUT2D eigenvalue weighted by molar-refractivity contribution is 6.42. The van der Waals surface area contributed by atoms with Crippen molar-refractivity contribution in [1.29, 1.82) is 0 Å². The van der Waals surface area contributed by atoms with Crippen LogP contribution in [0.1, 0.15) is 18.5 Å². The quantitative estimate of drug-likeness (QED) is 0.875. The zero-order chi connectivity index (χ0) is 14.1. The van der Waals surface area contributed by atoms with Crippen LogP contribution in [0, 0.1) is 0 Å². The number of halogens is 2. The van der Waals surface area contributed by atoms with Gasteiger partial charge in [0.1, 0.15) is 0 Å². The second kappa shape index (κ2) is 5.43. The number of anilines is 1. The van der Waals surface area contributed by atoms with Gasteiger partial charge in [-0.15, -0.1) is 0 Å². The van der Waals surface area contributed by atoms with Crippen molar-refractivity contribution in [3.05, 3.63) is 52.0 Å². The van der Waals surface area contributed by atoms with Crippen molar-refractivity contribution in [2.24, 2.45) is 0 Å². The minimum atomic E-state index is 0.113. The van der Waals surface area contributed by atoms with Gasteiger partial charge in [-0.1, -0.05) is 29.3 Å². The molecule has 1 aliphatic heterocycles. The van der Waals surface area contributed by atoms with E-state index < -0.39 is 0 Å². The summed E-state index contributed by atoms with van der Waals surface area (Å²) in [6, 6.07) is 11.5. The molecule has 1 N–H and O–H groups in total. The van der Waals surface area contributed by atoms with Gasteiger partial charge in [-0.3, -0.25) is 0 Å². The van der Waals surface area contributed by atoms with Gasteiger partial charge >= 0.3 is 0 Å². The molecule has 3 rings (SSSR count). The summed E-state index contributed by atoms with van der Waals surface area (Å²) in [6.45, 7) is 2.35. The molecule has 1 atom stereocenters. The summed E-state index contributed by atoms with van der Waals surface area (Å²) in [5.74, 6) is 1.57. The molecule has 1 heterocycles. The van der Waals surface area contributed by atoms with Crippen LogP contribution in [0.3, 0.4) is 0 Å². The molecule has 5 heteroatoms. The van der Waals surface area contributed by atoms with Crippen LogP contribution in [0.2, 0.25) is 10.0 Å². The van der Waals surface area contributed by atoms with Crippen molar-refractivity contribution >= 4 is 28.9 Å². The van der Waals surface area contributed by atoms with Crippen LogP contribution >= 0.6 is 23.2 Å². The highest BCUT2D eigenvalue weighted by atomic mass is 35.5. The maximum Gasteiger partial charge on any atom is 0.231 e. The van der Waals surface area contributed by atoms with Crippen molar-refractivity contribution in [2.45, 2.75) is 13.0 Å². The van der Waals surface area contributed by atoms with E-state index in [1.807, 2.05) is 30.3 Å². The highest BCUT2D eigenvalue weighted by Crippen LogP contribution is 2.35. The Hall–Kier alpha value is -1.58. The predicted octanol–water partition coefficient (Wildman–Crippen LogP) is 4.90. The molecule has 2 aromatic rings. The highest BCUT2D eigenvalue weighted by Gasteiger charge is 2.15. The van der Waals surface area contributed by atoms with Gasteiger partial charge in [0.2, 0.25) is 6.79 Å². The Labute approximate surface area is 127 Å². The van der Waals surface area contributed by atoms with Crippen LogP contribution in [-0.2, 0) is 0 Å². The Bertz CT molecular complexity index is 646. The van der Waals surface area contributed by atoms with E-state index in [2.05, 4.69) is 12.2 Å². The van der Waals surface area contributed by atoms with Crippen LogP contribution < -0.4 is 14.8 Å². The van der Waals surface area contributed by atoms with E-state index in [0.29, 0.717) is 10.0 Å². The number of ether oxygens (including phenoxy) is 2. The molecule has 0 bridgehead atoms. The van der Waals surface area contributed by atoms with E-state index in [1.54, 1.807) is 6.07 Å². The second-order valence-corrected chi connectivity index (χ2v) is 5.42. The largest absolute Gasteiger partial charge is 0.454 e. The average molecular weight is 310 g/mol. The van der Waals surface area contributed by atoms with Gasteiger partial charge in [0.05, 0.1) is 10.0 Å². The SMILES string of the molecule is CC(Nc1ccc(Cl)c(Cl)c1)c1ccc2c(c1)OCO2. The summed E-state index contributed by atoms with van der Waals surface area (Å²) in [4.78, 5) is 0. The predicted molar refractivity (Wildman–Crippen MR) is 81.1 cm³/mol. The number of fused-ring (bicyclic) bond motifs is 1. The molecule has 20 heavy (non-hydrogen) atoms. The zero-order valence-corrected chi connectivity index (χ0v) is 12.3. The molecule has 0 aromatic heterocycles. The van der Waals surface area contributed by atoms with Gasteiger partial charge in [-0.05, 0) is 42.8 Å². The molecule has 104 valence electrons. The second-order valence-electron chi connectivity index (χ2n) is 4.61. The first kappa shape index (κ1) is 13.4. The minimum absolute atomic E-state index is 0.113. The molecule has 0 spiro atoms. The lowest BCUT2D eigenvalue weighted by Crippen LogP contribution is -2.06. The summed E-state index contributed by atoms with van der Waals surface area (Å²) in [5.41, 5.74) is 2.03. The maximum atomic E-state index is 6.01. The lowest BCUT2D eigenvalue weighted by molar-refractivity contribution is 0.174. The van der Waals surface area contributed by atoms with Crippen LogP contribution in [0.25, 0.3) is 0 Å². The van der Waals surface area contributed by atoms with Gasteiger partial charge in [-0.25, -0.2) is 0 Å². The Morgan fingerprint density at radius 2 is 1.80 bits per heavy atom. The summed E-state index contributed by atoms with van der Waals surface area (Å²) >= 11 is 11.9. The van der Waals surface area contributed by atoms with Crippen molar-refractivity contribution in [3.8, 4) is 11.5 Å². The van der Waals surface area contributed by atoms with Crippen LogP contribution in [-0.4, -0.2) is 6.79 Å². The van der Waals surface area contributed by atoms with E-state index in [9.17, 15) is 0 Å². The molecule has 1 unspecified atom stereocenters. The van der Waals surface area contributed by atoms with E-state index in [1.165, 1.54) is 0 Å². The number of rotatable bonds is 3. The summed E-state index contributed by atoms with van der Waals surface area (Å²) in [6.07, 6.45) is 0. The third-order valence-electron chi connectivity index (χ3n) is 3.20. The van der Waals surface area contributed by atoms with E-state index in [4.69, 9.17) is 32.7 Å². The van der Waals surface area contributed by atoms with Gasteiger partial charge in [0.25, 0.3) is 0 Å². The maximum absolute atomic E-state index is 6.01. The normalized spacial score (nSPS) is 14.2. The third kappa shape index (κ3) is 2.65. The van der Waals surface area contributed by atoms with Crippen molar-refractivity contribution in [2.75, 3.05) is 12.1 Å². The van der Waals surface area contributed by atoms with Crippen LogP contribution in [0.5, 0.6) is 11.5 Å². The van der Waals surface area contributed by atoms with Gasteiger partial charge < -0.3 is 14.8 Å². The number of nitrogens with one attached hydrogen (secondary N) is 1. The topological polar surface area (TPSA) is 30.5 Å². The van der Waals surface area contributed by atoms with E-state index in [-0.39, 0.29) is 12.8 Å². The first-order valence-corrected chi connectivity index (χ1v) is 7.00. The minimum Gasteiger partial charge on any atom is -0.454 e. The van der Waals surface area contributed by atoms with Gasteiger partial charge in [0.15, 0.2) is 11.5 Å².